The van der Waals surface area contributed by atoms with Gasteiger partial charge in [0.05, 0.1) is 11.9 Å². The second-order valence-electron chi connectivity index (χ2n) is 4.37. The van der Waals surface area contributed by atoms with Crippen molar-refractivity contribution in [1.82, 2.24) is 10.2 Å². The normalized spacial score (nSPS) is 10.2. The van der Waals surface area contributed by atoms with Crippen molar-refractivity contribution in [2.24, 2.45) is 0 Å². The van der Waals surface area contributed by atoms with E-state index >= 15 is 0 Å². The first-order valence-electron chi connectivity index (χ1n) is 6.43. The Labute approximate surface area is 112 Å². The number of hydrogen-bond acceptors (Lipinski definition) is 2. The summed E-state index contributed by atoms with van der Waals surface area (Å²) in [5.74, 6) is 0. The third-order valence-electron chi connectivity index (χ3n) is 2.79. The van der Waals surface area contributed by atoms with Crippen molar-refractivity contribution >= 4 is 17.4 Å². The topological polar surface area (TPSA) is 69.8 Å². The molecular formula is C14H18N4O. The highest BCUT2D eigenvalue weighted by Crippen LogP contribution is 2.12. The number of anilines is 2. The highest BCUT2D eigenvalue weighted by Gasteiger charge is 2.03. The van der Waals surface area contributed by atoms with E-state index in [0.717, 1.165) is 12.1 Å². The van der Waals surface area contributed by atoms with Crippen molar-refractivity contribution < 1.29 is 4.79 Å². The van der Waals surface area contributed by atoms with Crippen molar-refractivity contribution in [1.29, 1.82) is 0 Å². The van der Waals surface area contributed by atoms with Gasteiger partial charge in [-0.2, -0.15) is 5.10 Å². The summed E-state index contributed by atoms with van der Waals surface area (Å²) in [6.07, 6.45) is 6.62. The molecule has 0 fully saturated rings. The molecule has 0 radical (unpaired) electrons. The number of rotatable bonds is 5. The Morgan fingerprint density at radius 3 is 2.58 bits per heavy atom. The highest BCUT2D eigenvalue weighted by atomic mass is 16.2. The van der Waals surface area contributed by atoms with Crippen molar-refractivity contribution in [3.63, 3.8) is 0 Å². The first-order chi connectivity index (χ1) is 9.28. The van der Waals surface area contributed by atoms with Gasteiger partial charge in [0.25, 0.3) is 0 Å². The molecule has 5 heteroatoms. The molecule has 1 aromatic carbocycles. The fraction of sp³-hybridized carbons (Fsp3) is 0.286. The summed E-state index contributed by atoms with van der Waals surface area (Å²) in [6.45, 7) is 2.18. The molecule has 0 saturated carbocycles. The monoisotopic (exact) mass is 258 g/mol. The molecule has 100 valence electrons. The Bertz CT molecular complexity index is 505. The zero-order valence-electron chi connectivity index (χ0n) is 10.9. The maximum absolute atomic E-state index is 11.7. The lowest BCUT2D eigenvalue weighted by atomic mass is 10.1. The van der Waals surface area contributed by atoms with E-state index in [9.17, 15) is 4.79 Å². The predicted octanol–water partition coefficient (Wildman–Crippen LogP) is 3.40. The van der Waals surface area contributed by atoms with Gasteiger partial charge in [-0.15, -0.1) is 0 Å². The minimum Gasteiger partial charge on any atom is -0.308 e. The fourth-order valence-corrected chi connectivity index (χ4v) is 1.75. The number of hydrogen-bond donors (Lipinski definition) is 3. The Kier molecular flexibility index (Phi) is 4.55. The summed E-state index contributed by atoms with van der Waals surface area (Å²) >= 11 is 0. The van der Waals surface area contributed by atoms with Crippen LogP contribution in [0.15, 0.2) is 36.7 Å². The number of urea groups is 1. The van der Waals surface area contributed by atoms with Gasteiger partial charge in [0, 0.05) is 11.9 Å². The fourth-order valence-electron chi connectivity index (χ4n) is 1.75. The minimum absolute atomic E-state index is 0.275. The molecule has 5 nitrogen and oxygen atoms in total. The van der Waals surface area contributed by atoms with E-state index in [2.05, 4.69) is 27.8 Å². The number of aromatic nitrogens is 2. The van der Waals surface area contributed by atoms with Crippen LogP contribution in [0.3, 0.4) is 0 Å². The van der Waals surface area contributed by atoms with E-state index in [0.29, 0.717) is 5.69 Å². The third kappa shape index (κ3) is 4.13. The number of nitrogens with zero attached hydrogens (tertiary/aromatic N) is 1. The molecule has 19 heavy (non-hydrogen) atoms. The minimum atomic E-state index is -0.275. The number of unbranched alkanes of at least 4 members (excludes halogenated alkanes) is 1. The standard InChI is InChI=1S/C14H18N4O/c1-2-3-4-11-5-7-12(8-6-11)17-14(19)18-13-9-15-16-10-13/h5-10H,2-4H2,1H3,(H,15,16)(H2,17,18,19). The number of aromatic amines is 1. The smallest absolute Gasteiger partial charge is 0.308 e. The van der Waals surface area contributed by atoms with E-state index in [1.807, 2.05) is 24.3 Å². The molecule has 1 aromatic heterocycles. The second-order valence-corrected chi connectivity index (χ2v) is 4.37. The molecule has 0 atom stereocenters. The number of carbonyl (C=O) groups excluding carboxylic acids is 1. The van der Waals surface area contributed by atoms with Gasteiger partial charge in [-0.1, -0.05) is 25.5 Å². The lowest BCUT2D eigenvalue weighted by molar-refractivity contribution is 0.262. The van der Waals surface area contributed by atoms with Crippen LogP contribution in [0, 0.1) is 0 Å². The number of nitrogens with one attached hydrogen (secondary N) is 3. The summed E-state index contributed by atoms with van der Waals surface area (Å²) < 4.78 is 0. The molecule has 0 bridgehead atoms. The summed E-state index contributed by atoms with van der Waals surface area (Å²) in [5, 5.41) is 11.8. The molecule has 2 aromatic rings. The van der Waals surface area contributed by atoms with Crippen LogP contribution in [-0.4, -0.2) is 16.2 Å². The highest BCUT2D eigenvalue weighted by molar-refractivity contribution is 5.99. The zero-order chi connectivity index (χ0) is 13.5. The third-order valence-corrected chi connectivity index (χ3v) is 2.79. The van der Waals surface area contributed by atoms with Crippen molar-refractivity contribution in [3.05, 3.63) is 42.2 Å². The van der Waals surface area contributed by atoms with Crippen LogP contribution < -0.4 is 10.6 Å². The van der Waals surface area contributed by atoms with Gasteiger partial charge in [0.2, 0.25) is 0 Å². The molecule has 0 aliphatic rings. The van der Waals surface area contributed by atoms with Gasteiger partial charge in [-0.25, -0.2) is 4.79 Å². The molecular weight excluding hydrogens is 240 g/mol. The van der Waals surface area contributed by atoms with E-state index in [1.165, 1.54) is 18.4 Å². The SMILES string of the molecule is CCCCc1ccc(NC(=O)Nc2cn[nH]c2)cc1. The van der Waals surface area contributed by atoms with Crippen molar-refractivity contribution in [2.75, 3.05) is 10.6 Å². The average Bonchev–Trinajstić information content (AvgIpc) is 2.90. The average molecular weight is 258 g/mol. The van der Waals surface area contributed by atoms with Gasteiger partial charge in [0.15, 0.2) is 0 Å². The molecule has 0 aliphatic carbocycles. The quantitative estimate of drug-likeness (QED) is 0.769. The lowest BCUT2D eigenvalue weighted by Gasteiger charge is -2.07. The summed E-state index contributed by atoms with van der Waals surface area (Å²) in [6, 6.07) is 7.65. The van der Waals surface area contributed by atoms with Crippen LogP contribution in [0.25, 0.3) is 0 Å². The number of H-pyrrole nitrogens is 1. The van der Waals surface area contributed by atoms with Gasteiger partial charge in [-0.05, 0) is 30.5 Å². The first kappa shape index (κ1) is 13.1. The number of aryl methyl sites for hydroxylation is 1. The molecule has 0 unspecified atom stereocenters. The molecule has 0 aliphatic heterocycles. The van der Waals surface area contributed by atoms with E-state index in [1.54, 1.807) is 12.4 Å². The summed E-state index contributed by atoms with van der Waals surface area (Å²) in [4.78, 5) is 11.7. The molecule has 0 spiro atoms. The molecule has 3 N–H and O–H groups in total. The van der Waals surface area contributed by atoms with E-state index in [4.69, 9.17) is 0 Å². The number of carbonyl (C=O) groups is 1. The molecule has 2 amide bonds. The van der Waals surface area contributed by atoms with Crippen LogP contribution in [0.5, 0.6) is 0 Å². The van der Waals surface area contributed by atoms with E-state index < -0.39 is 0 Å². The van der Waals surface area contributed by atoms with E-state index in [-0.39, 0.29) is 6.03 Å². The van der Waals surface area contributed by atoms with Crippen LogP contribution in [-0.2, 0) is 6.42 Å². The molecule has 1 heterocycles. The van der Waals surface area contributed by atoms with Crippen LogP contribution in [0.2, 0.25) is 0 Å². The Morgan fingerprint density at radius 2 is 1.95 bits per heavy atom. The van der Waals surface area contributed by atoms with Crippen molar-refractivity contribution in [2.45, 2.75) is 26.2 Å². The molecule has 2 rings (SSSR count). The van der Waals surface area contributed by atoms with Gasteiger partial charge < -0.3 is 10.6 Å². The summed E-state index contributed by atoms with van der Waals surface area (Å²) in [7, 11) is 0. The van der Waals surface area contributed by atoms with Crippen LogP contribution >= 0.6 is 0 Å². The Balaban J connectivity index is 1.86. The lowest BCUT2D eigenvalue weighted by Crippen LogP contribution is -2.18. The Hall–Kier alpha value is -2.30. The van der Waals surface area contributed by atoms with Gasteiger partial charge >= 0.3 is 6.03 Å². The van der Waals surface area contributed by atoms with Gasteiger partial charge in [-0.3, -0.25) is 5.10 Å². The molecule has 0 saturated heterocycles. The first-order valence-corrected chi connectivity index (χ1v) is 6.43. The number of amides is 2. The Morgan fingerprint density at radius 1 is 1.21 bits per heavy atom. The predicted molar refractivity (Wildman–Crippen MR) is 76.3 cm³/mol. The van der Waals surface area contributed by atoms with Crippen LogP contribution in [0.1, 0.15) is 25.3 Å². The maximum Gasteiger partial charge on any atom is 0.323 e. The van der Waals surface area contributed by atoms with Crippen molar-refractivity contribution in [3.8, 4) is 0 Å². The maximum atomic E-state index is 11.7. The second kappa shape index (κ2) is 6.58. The van der Waals surface area contributed by atoms with Gasteiger partial charge in [0.1, 0.15) is 0 Å². The zero-order valence-corrected chi connectivity index (χ0v) is 10.9. The van der Waals surface area contributed by atoms with Crippen LogP contribution in [0.4, 0.5) is 16.2 Å². The largest absolute Gasteiger partial charge is 0.323 e. The number of benzene rings is 1. The summed E-state index contributed by atoms with van der Waals surface area (Å²) in [5.41, 5.74) is 2.71.